The largest absolute Gasteiger partial charge is 0.312 e. The lowest BCUT2D eigenvalue weighted by Crippen LogP contribution is -2.43. The highest BCUT2D eigenvalue weighted by atomic mass is 15.2. The number of hydrogen-bond donors (Lipinski definition) is 1. The maximum atomic E-state index is 3.64. The molecule has 2 heterocycles. The summed E-state index contributed by atoms with van der Waals surface area (Å²) in [5.41, 5.74) is 0.360. The average Bonchev–Trinajstić information content (AvgIpc) is 2.45. The van der Waals surface area contributed by atoms with E-state index >= 15 is 0 Å². The maximum Gasteiger partial charge on any atom is 0.0235 e. The number of piperidine rings is 1. The number of fused-ring (bicyclic) bond motifs is 1. The Hall–Kier alpha value is -0.0800. The summed E-state index contributed by atoms with van der Waals surface area (Å²) < 4.78 is 0. The molecule has 0 aliphatic carbocycles. The summed E-state index contributed by atoms with van der Waals surface area (Å²) >= 11 is 0. The minimum absolute atomic E-state index is 0.360. The molecule has 2 nitrogen and oxygen atoms in total. The summed E-state index contributed by atoms with van der Waals surface area (Å²) in [6.07, 6.45) is 2.81. The van der Waals surface area contributed by atoms with Crippen LogP contribution in [0, 0.1) is 5.92 Å². The van der Waals surface area contributed by atoms with Crippen molar-refractivity contribution < 1.29 is 0 Å². The van der Waals surface area contributed by atoms with E-state index in [0.29, 0.717) is 5.54 Å². The van der Waals surface area contributed by atoms with Gasteiger partial charge in [0.15, 0.2) is 0 Å². The average molecular weight is 182 g/mol. The molecule has 2 fully saturated rings. The van der Waals surface area contributed by atoms with E-state index in [1.165, 1.54) is 32.5 Å². The molecule has 0 aromatic heterocycles. The third kappa shape index (κ3) is 1.89. The van der Waals surface area contributed by atoms with Crippen molar-refractivity contribution in [3.8, 4) is 0 Å². The molecule has 13 heavy (non-hydrogen) atoms. The minimum atomic E-state index is 0.360. The van der Waals surface area contributed by atoms with E-state index in [9.17, 15) is 0 Å². The predicted molar refractivity (Wildman–Crippen MR) is 55.8 cm³/mol. The van der Waals surface area contributed by atoms with Gasteiger partial charge in [-0.2, -0.15) is 0 Å². The highest BCUT2D eigenvalue weighted by Crippen LogP contribution is 2.29. The van der Waals surface area contributed by atoms with Gasteiger partial charge in [-0.25, -0.2) is 0 Å². The molecule has 0 aromatic carbocycles. The lowest BCUT2D eigenvalue weighted by molar-refractivity contribution is 0.167. The third-order valence-corrected chi connectivity index (χ3v) is 3.55. The van der Waals surface area contributed by atoms with Crippen molar-refractivity contribution in [3.63, 3.8) is 0 Å². The zero-order valence-electron chi connectivity index (χ0n) is 9.14. The van der Waals surface area contributed by atoms with Gasteiger partial charge in [-0.3, -0.25) is 4.90 Å². The molecule has 0 bridgehead atoms. The van der Waals surface area contributed by atoms with Crippen LogP contribution in [0.5, 0.6) is 0 Å². The Morgan fingerprint density at radius 2 is 2.00 bits per heavy atom. The van der Waals surface area contributed by atoms with Crippen LogP contribution in [0.1, 0.15) is 33.6 Å². The number of hydrogen-bond acceptors (Lipinski definition) is 2. The molecule has 2 aliphatic rings. The number of rotatable bonds is 0. The van der Waals surface area contributed by atoms with Crippen molar-refractivity contribution in [1.29, 1.82) is 0 Å². The van der Waals surface area contributed by atoms with Crippen molar-refractivity contribution in [2.24, 2.45) is 5.92 Å². The molecule has 2 aliphatic heterocycles. The molecule has 0 spiro atoms. The molecule has 2 atom stereocenters. The summed E-state index contributed by atoms with van der Waals surface area (Å²) in [5.74, 6) is 0.924. The zero-order chi connectivity index (χ0) is 9.47. The van der Waals surface area contributed by atoms with Crippen LogP contribution in [0.2, 0.25) is 0 Å². The van der Waals surface area contributed by atoms with Crippen molar-refractivity contribution in [1.82, 2.24) is 10.2 Å². The quantitative estimate of drug-likeness (QED) is 0.610. The molecular weight excluding hydrogens is 160 g/mol. The van der Waals surface area contributed by atoms with Crippen LogP contribution in [0.25, 0.3) is 0 Å². The minimum Gasteiger partial charge on any atom is -0.312 e. The Balaban J connectivity index is 1.99. The fourth-order valence-corrected chi connectivity index (χ4v) is 2.59. The van der Waals surface area contributed by atoms with Crippen molar-refractivity contribution in [2.75, 3.05) is 19.6 Å². The van der Waals surface area contributed by atoms with E-state index in [1.54, 1.807) is 0 Å². The summed E-state index contributed by atoms with van der Waals surface area (Å²) in [4.78, 5) is 2.63. The van der Waals surface area contributed by atoms with Crippen molar-refractivity contribution in [2.45, 2.75) is 45.2 Å². The maximum absolute atomic E-state index is 3.64. The van der Waals surface area contributed by atoms with E-state index in [4.69, 9.17) is 0 Å². The van der Waals surface area contributed by atoms with E-state index < -0.39 is 0 Å². The van der Waals surface area contributed by atoms with Crippen molar-refractivity contribution in [3.05, 3.63) is 0 Å². The first kappa shape index (κ1) is 9.47. The van der Waals surface area contributed by atoms with Crippen LogP contribution >= 0.6 is 0 Å². The Morgan fingerprint density at radius 1 is 1.23 bits per heavy atom. The number of nitrogens with one attached hydrogen (secondary N) is 1. The summed E-state index contributed by atoms with van der Waals surface area (Å²) in [7, 11) is 0. The van der Waals surface area contributed by atoms with Gasteiger partial charge in [0, 0.05) is 24.7 Å². The van der Waals surface area contributed by atoms with Gasteiger partial charge in [0.1, 0.15) is 0 Å². The molecule has 76 valence electrons. The fraction of sp³-hybridized carbons (Fsp3) is 1.00. The Bertz CT molecular complexity index is 169. The van der Waals surface area contributed by atoms with Gasteiger partial charge >= 0.3 is 0 Å². The normalized spacial score (nSPS) is 36.2. The SMILES string of the molecule is CC(C)(C)N1CC2NCCC[C@H]2C1. The van der Waals surface area contributed by atoms with Crippen LogP contribution in [0.15, 0.2) is 0 Å². The lowest BCUT2D eigenvalue weighted by Gasteiger charge is -2.31. The first-order chi connectivity index (χ1) is 6.07. The van der Waals surface area contributed by atoms with Crippen molar-refractivity contribution >= 4 is 0 Å². The van der Waals surface area contributed by atoms with Gasteiger partial charge in [0.05, 0.1) is 0 Å². The summed E-state index contributed by atoms with van der Waals surface area (Å²) in [5, 5.41) is 3.64. The van der Waals surface area contributed by atoms with E-state index in [-0.39, 0.29) is 0 Å². The zero-order valence-corrected chi connectivity index (χ0v) is 9.14. The molecule has 2 rings (SSSR count). The standard InChI is InChI=1S/C11H22N2/c1-11(2,3)13-7-9-5-4-6-12-10(9)8-13/h9-10,12H,4-8H2,1-3H3/t9-,10?/m0/s1. The van der Waals surface area contributed by atoms with Gasteiger partial charge in [0.2, 0.25) is 0 Å². The first-order valence-corrected chi connectivity index (χ1v) is 5.56. The molecule has 0 radical (unpaired) electrons. The van der Waals surface area contributed by atoms with E-state index in [2.05, 4.69) is 31.0 Å². The second kappa shape index (κ2) is 3.25. The van der Waals surface area contributed by atoms with E-state index in [1.807, 2.05) is 0 Å². The summed E-state index contributed by atoms with van der Waals surface area (Å²) in [6.45, 7) is 10.8. The summed E-state index contributed by atoms with van der Waals surface area (Å²) in [6, 6.07) is 0.785. The Kier molecular flexibility index (Phi) is 2.37. The highest BCUT2D eigenvalue weighted by Gasteiger charge is 2.38. The number of likely N-dealkylation sites (tertiary alicyclic amines) is 1. The van der Waals surface area contributed by atoms with Crippen LogP contribution in [-0.2, 0) is 0 Å². The monoisotopic (exact) mass is 182 g/mol. The highest BCUT2D eigenvalue weighted by molar-refractivity contribution is 4.95. The van der Waals surface area contributed by atoms with Gasteiger partial charge in [-0.05, 0) is 46.1 Å². The topological polar surface area (TPSA) is 15.3 Å². The second-order valence-electron chi connectivity index (χ2n) is 5.54. The predicted octanol–water partition coefficient (Wildman–Crippen LogP) is 1.47. The fourth-order valence-electron chi connectivity index (χ4n) is 2.59. The molecule has 0 saturated carbocycles. The van der Waals surface area contributed by atoms with Crippen LogP contribution in [0.4, 0.5) is 0 Å². The molecule has 2 heteroatoms. The molecule has 0 aromatic rings. The first-order valence-electron chi connectivity index (χ1n) is 5.56. The van der Waals surface area contributed by atoms with Gasteiger partial charge in [-0.1, -0.05) is 0 Å². The Labute approximate surface area is 81.7 Å². The van der Waals surface area contributed by atoms with E-state index in [0.717, 1.165) is 12.0 Å². The third-order valence-electron chi connectivity index (χ3n) is 3.55. The molecule has 0 amide bonds. The van der Waals surface area contributed by atoms with Crippen LogP contribution in [-0.4, -0.2) is 36.1 Å². The molecule has 1 N–H and O–H groups in total. The molecular formula is C11H22N2. The lowest BCUT2D eigenvalue weighted by atomic mass is 9.94. The smallest absolute Gasteiger partial charge is 0.0235 e. The van der Waals surface area contributed by atoms with Gasteiger partial charge in [0.25, 0.3) is 0 Å². The molecule has 2 saturated heterocycles. The van der Waals surface area contributed by atoms with Gasteiger partial charge < -0.3 is 5.32 Å². The second-order valence-corrected chi connectivity index (χ2v) is 5.54. The van der Waals surface area contributed by atoms with Gasteiger partial charge in [-0.15, -0.1) is 0 Å². The molecule has 1 unspecified atom stereocenters. The van der Waals surface area contributed by atoms with Crippen LogP contribution in [0.3, 0.4) is 0 Å². The van der Waals surface area contributed by atoms with Crippen LogP contribution < -0.4 is 5.32 Å². The Morgan fingerprint density at radius 3 is 2.62 bits per heavy atom. The number of nitrogens with zero attached hydrogens (tertiary/aromatic N) is 1.